The van der Waals surface area contributed by atoms with Crippen LogP contribution in [0.4, 0.5) is 0 Å². The summed E-state index contributed by atoms with van der Waals surface area (Å²) in [5.74, 6) is 0.893. The fraction of sp³-hybridized carbons (Fsp3) is 0.929. The molecule has 0 radical (unpaired) electrons. The van der Waals surface area contributed by atoms with Crippen molar-refractivity contribution in [1.82, 2.24) is 5.32 Å². The Morgan fingerprint density at radius 2 is 2.12 bits per heavy atom. The lowest BCUT2D eigenvalue weighted by Gasteiger charge is -2.22. The zero-order valence-electron chi connectivity index (χ0n) is 11.6. The summed E-state index contributed by atoms with van der Waals surface area (Å²) < 4.78 is 0. The molecule has 0 bridgehead atoms. The van der Waals surface area contributed by atoms with E-state index in [-0.39, 0.29) is 0 Å². The molecule has 1 heterocycles. The van der Waals surface area contributed by atoms with Gasteiger partial charge in [-0.25, -0.2) is 0 Å². The molecule has 0 amide bonds. The molecule has 2 rings (SSSR count). The maximum atomic E-state index is 4.66. The third-order valence-electron chi connectivity index (χ3n) is 3.58. The number of thioether (sulfide) groups is 1. The second kappa shape index (κ2) is 5.21. The standard InChI is InChI=1S/C14H26N2S/c1-10-5-6-11(7-10)16-13-15-9-12(17-13)8-14(2,3)4/h10-12H,5-9H2,1-4H3,(H,15,16). The number of nitrogens with one attached hydrogen (secondary N) is 1. The van der Waals surface area contributed by atoms with E-state index < -0.39 is 0 Å². The van der Waals surface area contributed by atoms with Crippen molar-refractivity contribution in [2.24, 2.45) is 16.3 Å². The highest BCUT2D eigenvalue weighted by atomic mass is 32.2. The molecule has 0 spiro atoms. The number of rotatable bonds is 2. The second-order valence-electron chi connectivity index (χ2n) is 6.91. The van der Waals surface area contributed by atoms with Crippen LogP contribution in [-0.4, -0.2) is 23.0 Å². The Morgan fingerprint density at radius 3 is 2.71 bits per heavy atom. The number of amidine groups is 1. The molecule has 1 aliphatic heterocycles. The maximum absolute atomic E-state index is 4.66. The smallest absolute Gasteiger partial charge is 0.157 e. The highest BCUT2D eigenvalue weighted by molar-refractivity contribution is 8.14. The van der Waals surface area contributed by atoms with E-state index in [0.29, 0.717) is 16.7 Å². The van der Waals surface area contributed by atoms with E-state index in [1.54, 1.807) is 0 Å². The van der Waals surface area contributed by atoms with Crippen molar-refractivity contribution in [3.8, 4) is 0 Å². The lowest BCUT2D eigenvalue weighted by molar-refractivity contribution is 0.375. The van der Waals surface area contributed by atoms with E-state index in [4.69, 9.17) is 0 Å². The SMILES string of the molecule is CC1CCC(NC2=NCC(CC(C)(C)C)S2)C1. The van der Waals surface area contributed by atoms with Crippen LogP contribution in [0.25, 0.3) is 0 Å². The lowest BCUT2D eigenvalue weighted by Crippen LogP contribution is -2.30. The molecule has 98 valence electrons. The summed E-state index contributed by atoms with van der Waals surface area (Å²) in [6.45, 7) is 10.3. The van der Waals surface area contributed by atoms with Crippen molar-refractivity contribution in [1.29, 1.82) is 0 Å². The summed E-state index contributed by atoms with van der Waals surface area (Å²) in [4.78, 5) is 4.66. The van der Waals surface area contributed by atoms with Gasteiger partial charge in [0.1, 0.15) is 0 Å². The van der Waals surface area contributed by atoms with Crippen molar-refractivity contribution in [2.75, 3.05) is 6.54 Å². The summed E-state index contributed by atoms with van der Waals surface area (Å²) in [5, 5.41) is 5.53. The molecule has 0 aromatic heterocycles. The topological polar surface area (TPSA) is 24.4 Å². The molecule has 1 saturated carbocycles. The van der Waals surface area contributed by atoms with Gasteiger partial charge in [-0.3, -0.25) is 4.99 Å². The van der Waals surface area contributed by atoms with E-state index in [9.17, 15) is 0 Å². The molecule has 3 atom stereocenters. The molecule has 1 N–H and O–H groups in total. The predicted octanol–water partition coefficient (Wildman–Crippen LogP) is 3.67. The Hall–Kier alpha value is -0.180. The third-order valence-corrected chi connectivity index (χ3v) is 4.70. The molecule has 3 heteroatoms. The van der Waals surface area contributed by atoms with Crippen LogP contribution in [0.2, 0.25) is 0 Å². The second-order valence-corrected chi connectivity index (χ2v) is 8.20. The highest BCUT2D eigenvalue weighted by Crippen LogP contribution is 2.32. The van der Waals surface area contributed by atoms with Gasteiger partial charge in [0.05, 0.1) is 6.54 Å². The average Bonchev–Trinajstić information content (AvgIpc) is 2.74. The first kappa shape index (κ1) is 13.3. The summed E-state index contributed by atoms with van der Waals surface area (Å²) in [6, 6.07) is 0.685. The fourth-order valence-corrected chi connectivity index (χ4v) is 4.23. The van der Waals surface area contributed by atoms with Gasteiger partial charge in [0.25, 0.3) is 0 Å². The van der Waals surface area contributed by atoms with Gasteiger partial charge in [-0.05, 0) is 37.0 Å². The molecular formula is C14H26N2S. The first-order chi connectivity index (χ1) is 7.92. The Labute approximate surface area is 110 Å². The van der Waals surface area contributed by atoms with Gasteiger partial charge in [0.2, 0.25) is 0 Å². The molecule has 0 aromatic rings. The van der Waals surface area contributed by atoms with E-state index in [0.717, 1.165) is 12.5 Å². The molecule has 0 aromatic carbocycles. The largest absolute Gasteiger partial charge is 0.362 e. The van der Waals surface area contributed by atoms with Crippen molar-refractivity contribution < 1.29 is 0 Å². The summed E-state index contributed by atoms with van der Waals surface area (Å²) in [6.07, 6.45) is 5.28. The minimum atomic E-state index is 0.421. The van der Waals surface area contributed by atoms with Crippen molar-refractivity contribution >= 4 is 16.9 Å². The predicted molar refractivity (Wildman–Crippen MR) is 77.7 cm³/mol. The van der Waals surface area contributed by atoms with Crippen LogP contribution in [0.5, 0.6) is 0 Å². The average molecular weight is 254 g/mol. The van der Waals surface area contributed by atoms with Crippen molar-refractivity contribution in [3.05, 3.63) is 0 Å². The monoisotopic (exact) mass is 254 g/mol. The van der Waals surface area contributed by atoms with Crippen LogP contribution in [-0.2, 0) is 0 Å². The number of aliphatic imine (C=N–C) groups is 1. The van der Waals surface area contributed by atoms with Crippen LogP contribution in [0.3, 0.4) is 0 Å². The summed E-state index contributed by atoms with van der Waals surface area (Å²) >= 11 is 1.96. The molecule has 2 aliphatic rings. The number of hydrogen-bond donors (Lipinski definition) is 1. The van der Waals surface area contributed by atoms with Gasteiger partial charge in [0, 0.05) is 11.3 Å². The van der Waals surface area contributed by atoms with Crippen LogP contribution in [0, 0.1) is 11.3 Å². The van der Waals surface area contributed by atoms with E-state index >= 15 is 0 Å². The highest BCUT2D eigenvalue weighted by Gasteiger charge is 2.28. The fourth-order valence-electron chi connectivity index (χ4n) is 2.80. The Bertz CT molecular complexity index is 293. The van der Waals surface area contributed by atoms with E-state index in [1.165, 1.54) is 30.9 Å². The maximum Gasteiger partial charge on any atom is 0.157 e. The summed E-state index contributed by atoms with van der Waals surface area (Å²) in [7, 11) is 0. The summed E-state index contributed by atoms with van der Waals surface area (Å²) in [5.41, 5.74) is 0.421. The zero-order chi connectivity index (χ0) is 12.5. The van der Waals surface area contributed by atoms with Crippen LogP contribution < -0.4 is 5.32 Å². The first-order valence-electron chi connectivity index (χ1n) is 6.90. The van der Waals surface area contributed by atoms with E-state index in [1.807, 2.05) is 11.8 Å². The van der Waals surface area contributed by atoms with Crippen LogP contribution >= 0.6 is 11.8 Å². The minimum absolute atomic E-state index is 0.421. The molecular weight excluding hydrogens is 228 g/mol. The normalized spacial score (nSPS) is 33.9. The minimum Gasteiger partial charge on any atom is -0.362 e. The third kappa shape index (κ3) is 4.20. The van der Waals surface area contributed by atoms with Crippen molar-refractivity contribution in [2.45, 2.75) is 64.7 Å². The quantitative estimate of drug-likeness (QED) is 0.813. The molecule has 3 unspecified atom stereocenters. The Balaban J connectivity index is 1.74. The van der Waals surface area contributed by atoms with Gasteiger partial charge < -0.3 is 5.32 Å². The number of nitrogens with zero attached hydrogens (tertiary/aromatic N) is 1. The van der Waals surface area contributed by atoms with Crippen LogP contribution in [0.1, 0.15) is 53.4 Å². The van der Waals surface area contributed by atoms with E-state index in [2.05, 4.69) is 38.0 Å². The van der Waals surface area contributed by atoms with Gasteiger partial charge >= 0.3 is 0 Å². The first-order valence-corrected chi connectivity index (χ1v) is 7.78. The van der Waals surface area contributed by atoms with Gasteiger partial charge in [-0.2, -0.15) is 0 Å². The zero-order valence-corrected chi connectivity index (χ0v) is 12.4. The Kier molecular flexibility index (Phi) is 4.06. The van der Waals surface area contributed by atoms with Crippen LogP contribution in [0.15, 0.2) is 4.99 Å². The number of hydrogen-bond acceptors (Lipinski definition) is 3. The van der Waals surface area contributed by atoms with Gasteiger partial charge in [-0.15, -0.1) is 0 Å². The molecule has 0 saturated heterocycles. The van der Waals surface area contributed by atoms with Gasteiger partial charge in [0.15, 0.2) is 5.17 Å². The lowest BCUT2D eigenvalue weighted by atomic mass is 9.90. The molecule has 17 heavy (non-hydrogen) atoms. The van der Waals surface area contributed by atoms with Gasteiger partial charge in [-0.1, -0.05) is 39.5 Å². The Morgan fingerprint density at radius 1 is 1.35 bits per heavy atom. The molecule has 1 aliphatic carbocycles. The van der Waals surface area contributed by atoms with Crippen molar-refractivity contribution in [3.63, 3.8) is 0 Å². The molecule has 1 fully saturated rings. The molecule has 2 nitrogen and oxygen atoms in total.